The van der Waals surface area contributed by atoms with Gasteiger partial charge >= 0.3 is 0 Å². The highest BCUT2D eigenvalue weighted by Gasteiger charge is 2.31. The lowest BCUT2D eigenvalue weighted by molar-refractivity contribution is -0.749. The summed E-state index contributed by atoms with van der Waals surface area (Å²) in [5.74, 6) is 0. The zero-order chi connectivity index (χ0) is 15.4. The average molecular weight is 285 g/mol. The zero-order valence-electron chi connectivity index (χ0n) is 12.4. The van der Waals surface area contributed by atoms with Gasteiger partial charge in [0.25, 0.3) is 0 Å². The van der Waals surface area contributed by atoms with Crippen LogP contribution in [0.2, 0.25) is 0 Å². The Kier molecular flexibility index (Phi) is 2.40. The third-order valence-corrected chi connectivity index (χ3v) is 4.26. The van der Waals surface area contributed by atoms with Crippen molar-refractivity contribution in [3.8, 4) is 11.8 Å². The number of aryl methyl sites for hydroxylation is 2. The fourth-order valence-corrected chi connectivity index (χ4v) is 3.48. The molecule has 4 rings (SSSR count). The van der Waals surface area contributed by atoms with E-state index in [2.05, 4.69) is 46.3 Å². The first-order valence-corrected chi connectivity index (χ1v) is 7.10. The van der Waals surface area contributed by atoms with Crippen LogP contribution in [0.4, 0.5) is 5.69 Å². The molecule has 0 N–H and O–H groups in total. The summed E-state index contributed by atoms with van der Waals surface area (Å²) < 4.78 is 4.28. The van der Waals surface area contributed by atoms with E-state index in [0.29, 0.717) is 11.3 Å². The summed E-state index contributed by atoms with van der Waals surface area (Å²) in [5, 5.41) is 10.3. The molecule has 0 unspecified atom stereocenters. The molecule has 4 heteroatoms. The van der Waals surface area contributed by atoms with Crippen molar-refractivity contribution in [1.29, 1.82) is 5.26 Å². The largest absolute Gasteiger partial charge is 0.237 e. The number of aromatic nitrogens is 2. The highest BCUT2D eigenvalue weighted by atomic mass is 15.4. The first-order chi connectivity index (χ1) is 10.6. The summed E-state index contributed by atoms with van der Waals surface area (Å²) in [6.07, 6.45) is 1.98. The van der Waals surface area contributed by atoms with Gasteiger partial charge in [0.2, 0.25) is 11.9 Å². The zero-order valence-corrected chi connectivity index (χ0v) is 12.4. The first kappa shape index (κ1) is 12.6. The minimum Gasteiger partial charge on any atom is -0.237 e. The number of nitriles is 1. The van der Waals surface area contributed by atoms with E-state index in [1.54, 1.807) is 6.07 Å². The number of hydrogen-bond donors (Lipinski definition) is 0. The summed E-state index contributed by atoms with van der Waals surface area (Å²) in [7, 11) is 0. The van der Waals surface area contributed by atoms with Gasteiger partial charge in [-0.05, 0) is 31.5 Å². The van der Waals surface area contributed by atoms with Crippen molar-refractivity contribution >= 4 is 16.6 Å². The van der Waals surface area contributed by atoms with Gasteiger partial charge < -0.3 is 0 Å². The van der Waals surface area contributed by atoms with E-state index < -0.39 is 0 Å². The van der Waals surface area contributed by atoms with Gasteiger partial charge in [0, 0.05) is 5.56 Å². The molecular formula is C18H13N4+. The van der Waals surface area contributed by atoms with Crippen molar-refractivity contribution in [2.45, 2.75) is 20.4 Å². The molecule has 2 heterocycles. The van der Waals surface area contributed by atoms with Crippen LogP contribution in [0.15, 0.2) is 30.5 Å². The maximum atomic E-state index is 9.41. The van der Waals surface area contributed by atoms with Gasteiger partial charge in [0.15, 0.2) is 6.54 Å². The third-order valence-electron chi connectivity index (χ3n) is 4.26. The molecule has 1 aliphatic rings. The summed E-state index contributed by atoms with van der Waals surface area (Å²) in [4.78, 5) is 3.46. The third kappa shape index (κ3) is 1.47. The maximum Gasteiger partial charge on any atom is 0.205 e. The van der Waals surface area contributed by atoms with Crippen LogP contribution in [0.25, 0.3) is 21.4 Å². The Hall–Kier alpha value is -3.11. The second-order valence-electron chi connectivity index (χ2n) is 5.74. The van der Waals surface area contributed by atoms with E-state index >= 15 is 0 Å². The molecule has 1 aromatic heterocycles. The summed E-state index contributed by atoms with van der Waals surface area (Å²) in [6, 6.07) is 10.3. The molecule has 4 nitrogen and oxygen atoms in total. The normalized spacial score (nSPS) is 11.8. The van der Waals surface area contributed by atoms with Crippen LogP contribution in [0.1, 0.15) is 22.3 Å². The number of fused-ring (bicyclic) bond motifs is 5. The van der Waals surface area contributed by atoms with Gasteiger partial charge in [-0.1, -0.05) is 17.7 Å². The van der Waals surface area contributed by atoms with Crippen LogP contribution in [-0.2, 0) is 6.54 Å². The molecule has 3 aromatic rings. The molecule has 104 valence electrons. The van der Waals surface area contributed by atoms with Crippen LogP contribution >= 0.6 is 0 Å². The van der Waals surface area contributed by atoms with E-state index in [4.69, 9.17) is 6.57 Å². The van der Waals surface area contributed by atoms with Crippen LogP contribution in [0, 0.1) is 31.8 Å². The van der Waals surface area contributed by atoms with Gasteiger partial charge in [-0.25, -0.2) is 4.85 Å². The van der Waals surface area contributed by atoms with E-state index in [9.17, 15) is 5.26 Å². The fraction of sp³-hybridized carbons (Fsp3) is 0.167. The predicted octanol–water partition coefficient (Wildman–Crippen LogP) is 3.32. The van der Waals surface area contributed by atoms with Gasteiger partial charge in [-0.2, -0.15) is 5.26 Å². The first-order valence-electron chi connectivity index (χ1n) is 7.10. The maximum absolute atomic E-state index is 9.41. The molecule has 1 aliphatic heterocycles. The second kappa shape index (κ2) is 4.19. The lowest BCUT2D eigenvalue weighted by atomic mass is 10.0. The monoisotopic (exact) mass is 285 g/mol. The Morgan fingerprint density at radius 1 is 1.32 bits per heavy atom. The Morgan fingerprint density at radius 3 is 2.86 bits per heavy atom. The molecule has 0 atom stereocenters. The topological polar surface area (TPSA) is 37.0 Å². The van der Waals surface area contributed by atoms with Crippen molar-refractivity contribution in [3.63, 3.8) is 0 Å². The van der Waals surface area contributed by atoms with Gasteiger partial charge in [0.1, 0.15) is 11.2 Å². The molecule has 2 aromatic carbocycles. The molecule has 22 heavy (non-hydrogen) atoms. The summed E-state index contributed by atoms with van der Waals surface area (Å²) in [6.45, 7) is 12.2. The Morgan fingerprint density at radius 2 is 2.14 bits per heavy atom. The summed E-state index contributed by atoms with van der Waals surface area (Å²) in [5.41, 5.74) is 6.85. The van der Waals surface area contributed by atoms with Crippen molar-refractivity contribution in [2.75, 3.05) is 0 Å². The highest BCUT2D eigenvalue weighted by Crippen LogP contribution is 2.33. The van der Waals surface area contributed by atoms with E-state index in [1.807, 2.05) is 12.3 Å². The number of hydrogen-bond acceptors (Lipinski definition) is 1. The average Bonchev–Trinajstić information content (AvgIpc) is 3.00. The molecule has 0 saturated heterocycles. The molecule has 0 spiro atoms. The van der Waals surface area contributed by atoms with Crippen LogP contribution < -0.4 is 4.68 Å². The van der Waals surface area contributed by atoms with Crippen LogP contribution in [0.3, 0.4) is 0 Å². The summed E-state index contributed by atoms with van der Waals surface area (Å²) >= 11 is 0. The van der Waals surface area contributed by atoms with E-state index in [-0.39, 0.29) is 0 Å². The second-order valence-corrected chi connectivity index (χ2v) is 5.74. The molecule has 0 bridgehead atoms. The van der Waals surface area contributed by atoms with Crippen LogP contribution in [-0.4, -0.2) is 4.68 Å². The van der Waals surface area contributed by atoms with Crippen molar-refractivity contribution in [2.24, 2.45) is 0 Å². The number of nitrogens with zero attached hydrogens (tertiary/aromatic N) is 4. The molecule has 0 radical (unpaired) electrons. The standard InChI is InChI=1S/C18H13N4/c1-11-6-12(2)18-13(7-11)9-21-10-15-14(8-19)16(20-3)4-5-17(15)22(18)21/h4-7,10H,9H2,1-2H3/q+1. The molecule has 0 fully saturated rings. The fourth-order valence-electron chi connectivity index (χ4n) is 3.48. The SMILES string of the molecule is [C-]#[N+]c1ccc2c(c[n+]3n2-c2c(C)cc(C)cc2C3)c1C#N. The number of rotatable bonds is 0. The Bertz CT molecular complexity index is 1040. The minimum atomic E-state index is 0.417. The molecule has 0 saturated carbocycles. The molecule has 0 aliphatic carbocycles. The predicted molar refractivity (Wildman–Crippen MR) is 83.0 cm³/mol. The van der Waals surface area contributed by atoms with Gasteiger partial charge in [-0.15, -0.1) is 9.36 Å². The van der Waals surface area contributed by atoms with E-state index in [0.717, 1.165) is 17.4 Å². The Balaban J connectivity index is 2.12. The molecule has 0 amide bonds. The minimum absolute atomic E-state index is 0.417. The van der Waals surface area contributed by atoms with Crippen molar-refractivity contribution in [3.05, 3.63) is 64.1 Å². The van der Waals surface area contributed by atoms with Crippen molar-refractivity contribution < 1.29 is 4.68 Å². The lowest BCUT2D eigenvalue weighted by Crippen LogP contribution is -2.36. The lowest BCUT2D eigenvalue weighted by Gasteiger charge is -2.04. The van der Waals surface area contributed by atoms with E-state index in [1.165, 1.54) is 22.4 Å². The van der Waals surface area contributed by atoms with Crippen molar-refractivity contribution in [1.82, 2.24) is 4.68 Å². The number of benzene rings is 2. The quantitative estimate of drug-likeness (QED) is 0.361. The highest BCUT2D eigenvalue weighted by molar-refractivity contribution is 5.91. The Labute approximate surface area is 128 Å². The van der Waals surface area contributed by atoms with Gasteiger partial charge in [-0.3, -0.25) is 0 Å². The van der Waals surface area contributed by atoms with Crippen LogP contribution in [0.5, 0.6) is 0 Å². The smallest absolute Gasteiger partial charge is 0.205 e. The molecular weight excluding hydrogens is 272 g/mol. The van der Waals surface area contributed by atoms with Gasteiger partial charge in [0.05, 0.1) is 23.6 Å².